The van der Waals surface area contributed by atoms with Gasteiger partial charge < -0.3 is 4.74 Å². The predicted molar refractivity (Wildman–Crippen MR) is 58.4 cm³/mol. The van der Waals surface area contributed by atoms with Crippen LogP contribution in [0.15, 0.2) is 17.3 Å². The minimum atomic E-state index is -0.248. The van der Waals surface area contributed by atoms with Crippen LogP contribution in [0.25, 0.3) is 10.4 Å². The number of hydrogen-bond donors (Lipinski definition) is 0. The summed E-state index contributed by atoms with van der Waals surface area (Å²) in [4.78, 5) is 13.2. The molecule has 86 valence electrons. The van der Waals surface area contributed by atoms with Crippen LogP contribution in [0.2, 0.25) is 0 Å². The summed E-state index contributed by atoms with van der Waals surface area (Å²) in [6, 6.07) is 0. The molecule has 0 aromatic heterocycles. The second kappa shape index (κ2) is 4.18. The normalized spacial score (nSPS) is 34.2. The van der Waals surface area contributed by atoms with E-state index in [9.17, 15) is 4.79 Å². The topological polar surface area (TPSA) is 75.1 Å². The first-order valence-electron chi connectivity index (χ1n) is 5.54. The average Bonchev–Trinajstić information content (AvgIpc) is 3.14. The number of carbonyl (C=O) groups is 1. The minimum Gasteiger partial charge on any atom is -0.461 e. The molecule has 5 heteroatoms. The van der Waals surface area contributed by atoms with Crippen LogP contribution in [0.5, 0.6) is 0 Å². The maximum atomic E-state index is 10.5. The Kier molecular flexibility index (Phi) is 2.88. The Labute approximate surface area is 94.1 Å². The number of azide groups is 1. The zero-order valence-electron chi connectivity index (χ0n) is 9.24. The number of nitrogens with zero attached hydrogens (tertiary/aromatic N) is 3. The van der Waals surface area contributed by atoms with E-state index in [-0.39, 0.29) is 5.60 Å². The van der Waals surface area contributed by atoms with Crippen molar-refractivity contribution in [2.75, 3.05) is 6.54 Å². The van der Waals surface area contributed by atoms with Crippen LogP contribution < -0.4 is 0 Å². The van der Waals surface area contributed by atoms with Crippen LogP contribution in [0.1, 0.15) is 19.8 Å². The first-order chi connectivity index (χ1) is 7.79. The minimum absolute atomic E-state index is 0.248. The molecule has 0 heterocycles. The lowest BCUT2D eigenvalue weighted by Crippen LogP contribution is -2.18. The van der Waals surface area contributed by atoms with E-state index in [1.807, 2.05) is 13.0 Å². The fourth-order valence-corrected chi connectivity index (χ4v) is 2.74. The van der Waals surface area contributed by atoms with Gasteiger partial charge >= 0.3 is 0 Å². The molecular formula is C11H15N3O2. The van der Waals surface area contributed by atoms with Gasteiger partial charge in [0.05, 0.1) is 0 Å². The Morgan fingerprint density at radius 3 is 2.88 bits per heavy atom. The van der Waals surface area contributed by atoms with Gasteiger partial charge in [0, 0.05) is 17.4 Å². The molecule has 0 aromatic rings. The van der Waals surface area contributed by atoms with Crippen molar-refractivity contribution in [3.05, 3.63) is 22.6 Å². The summed E-state index contributed by atoms with van der Waals surface area (Å²) in [5, 5.41) is 3.62. The van der Waals surface area contributed by atoms with E-state index in [0.29, 0.717) is 30.8 Å². The third kappa shape index (κ3) is 1.78. The molecule has 3 unspecified atom stereocenters. The Morgan fingerprint density at radius 2 is 2.38 bits per heavy atom. The lowest BCUT2D eigenvalue weighted by atomic mass is 10.1. The van der Waals surface area contributed by atoms with E-state index < -0.39 is 0 Å². The largest absolute Gasteiger partial charge is 0.461 e. The number of carbonyl (C=O) groups excluding carboxylic acids is 1. The smallest absolute Gasteiger partial charge is 0.293 e. The van der Waals surface area contributed by atoms with Crippen molar-refractivity contribution in [2.24, 2.45) is 22.9 Å². The van der Waals surface area contributed by atoms with Crippen LogP contribution in [-0.2, 0) is 9.53 Å². The quantitative estimate of drug-likeness (QED) is 0.227. The van der Waals surface area contributed by atoms with Gasteiger partial charge in [0.25, 0.3) is 6.47 Å². The van der Waals surface area contributed by atoms with Crippen LogP contribution >= 0.6 is 0 Å². The van der Waals surface area contributed by atoms with Crippen LogP contribution in [0, 0.1) is 17.8 Å². The Morgan fingerprint density at radius 1 is 1.62 bits per heavy atom. The molecule has 0 saturated heterocycles. The third-order valence-corrected chi connectivity index (χ3v) is 3.63. The predicted octanol–water partition coefficient (Wildman–Crippen LogP) is 2.44. The highest BCUT2D eigenvalue weighted by Gasteiger charge is 2.66. The Hall–Kier alpha value is -1.48. The lowest BCUT2D eigenvalue weighted by molar-refractivity contribution is -0.137. The van der Waals surface area contributed by atoms with Crippen molar-refractivity contribution in [1.82, 2.24) is 0 Å². The standard InChI is InChI=1S/C11H15N3O2/c1-2-3-8-9(6-13-14-12)10(8)11(4-5-11)16-7-15/h2-3,7-10H,4-6H2,1H3/b3-2+. The van der Waals surface area contributed by atoms with E-state index in [4.69, 9.17) is 10.3 Å². The van der Waals surface area contributed by atoms with Crippen LogP contribution in [-0.4, -0.2) is 18.6 Å². The Bertz CT molecular complexity index is 356. The first kappa shape index (κ1) is 11.0. The number of hydrogen-bond acceptors (Lipinski definition) is 3. The molecule has 3 atom stereocenters. The fourth-order valence-electron chi connectivity index (χ4n) is 2.74. The summed E-state index contributed by atoms with van der Waals surface area (Å²) in [5.74, 6) is 1.09. The average molecular weight is 221 g/mol. The fraction of sp³-hybridized carbons (Fsp3) is 0.727. The molecule has 0 bridgehead atoms. The molecular weight excluding hydrogens is 206 g/mol. The van der Waals surface area contributed by atoms with Gasteiger partial charge in [-0.05, 0) is 37.1 Å². The maximum Gasteiger partial charge on any atom is 0.293 e. The monoisotopic (exact) mass is 221 g/mol. The molecule has 0 aromatic carbocycles. The van der Waals surface area contributed by atoms with E-state index >= 15 is 0 Å². The van der Waals surface area contributed by atoms with Crippen LogP contribution in [0.3, 0.4) is 0 Å². The van der Waals surface area contributed by atoms with Crippen molar-refractivity contribution in [1.29, 1.82) is 0 Å². The molecule has 2 rings (SSSR count). The Balaban J connectivity index is 2.03. The first-order valence-corrected chi connectivity index (χ1v) is 5.54. The van der Waals surface area contributed by atoms with Crippen molar-refractivity contribution >= 4 is 6.47 Å². The van der Waals surface area contributed by atoms with E-state index in [1.165, 1.54) is 0 Å². The van der Waals surface area contributed by atoms with Crippen LogP contribution in [0.4, 0.5) is 0 Å². The molecule has 2 aliphatic carbocycles. The highest BCUT2D eigenvalue weighted by atomic mass is 16.5. The summed E-state index contributed by atoms with van der Waals surface area (Å²) in [6.07, 6.45) is 6.01. The van der Waals surface area contributed by atoms with Gasteiger partial charge in [-0.2, -0.15) is 0 Å². The highest BCUT2D eigenvalue weighted by molar-refractivity contribution is 5.41. The van der Waals surface area contributed by atoms with Crippen molar-refractivity contribution in [3.8, 4) is 0 Å². The van der Waals surface area contributed by atoms with Crippen molar-refractivity contribution in [2.45, 2.75) is 25.4 Å². The molecule has 0 radical (unpaired) electrons. The molecule has 0 N–H and O–H groups in total. The third-order valence-electron chi connectivity index (χ3n) is 3.63. The van der Waals surface area contributed by atoms with Crippen molar-refractivity contribution in [3.63, 3.8) is 0 Å². The van der Waals surface area contributed by atoms with Crippen molar-refractivity contribution < 1.29 is 9.53 Å². The second-order valence-electron chi connectivity index (χ2n) is 4.49. The maximum absolute atomic E-state index is 10.5. The van der Waals surface area contributed by atoms with E-state index in [1.54, 1.807) is 0 Å². The van der Waals surface area contributed by atoms with Gasteiger partial charge in [0.15, 0.2) is 0 Å². The SMILES string of the molecule is C/C=C/C1C(CN=[N+]=[N-])C1C1(OC=O)CC1. The molecule has 2 aliphatic rings. The van der Waals surface area contributed by atoms with Gasteiger partial charge in [0.1, 0.15) is 5.60 Å². The summed E-state index contributed by atoms with van der Waals surface area (Å²) < 4.78 is 5.20. The van der Waals surface area contributed by atoms with Gasteiger partial charge in [-0.1, -0.05) is 17.3 Å². The van der Waals surface area contributed by atoms with E-state index in [0.717, 1.165) is 12.8 Å². The van der Waals surface area contributed by atoms with Gasteiger partial charge in [-0.3, -0.25) is 4.79 Å². The van der Waals surface area contributed by atoms with Gasteiger partial charge in [0.2, 0.25) is 0 Å². The van der Waals surface area contributed by atoms with Gasteiger partial charge in [-0.25, -0.2) is 0 Å². The second-order valence-corrected chi connectivity index (χ2v) is 4.49. The molecule has 0 aliphatic heterocycles. The number of rotatable bonds is 6. The summed E-state index contributed by atoms with van der Waals surface area (Å²) in [6.45, 7) is 3.02. The molecule has 2 saturated carbocycles. The summed E-state index contributed by atoms with van der Waals surface area (Å²) in [7, 11) is 0. The zero-order chi connectivity index (χ0) is 11.6. The number of ether oxygens (including phenoxy) is 1. The summed E-state index contributed by atoms with van der Waals surface area (Å²) in [5.41, 5.74) is 8.07. The highest BCUT2D eigenvalue weighted by Crippen LogP contribution is 2.63. The molecule has 16 heavy (non-hydrogen) atoms. The molecule has 5 nitrogen and oxygen atoms in total. The number of allylic oxidation sites excluding steroid dienone is 2. The summed E-state index contributed by atoms with van der Waals surface area (Å²) >= 11 is 0. The molecule has 0 amide bonds. The molecule has 0 spiro atoms. The lowest BCUT2D eigenvalue weighted by Gasteiger charge is -2.12. The van der Waals surface area contributed by atoms with Gasteiger partial charge in [-0.15, -0.1) is 0 Å². The zero-order valence-corrected chi connectivity index (χ0v) is 9.24. The van der Waals surface area contributed by atoms with E-state index in [2.05, 4.69) is 16.1 Å². The molecule has 2 fully saturated rings.